The molecule has 0 saturated carbocycles. The number of unbranched alkanes of at least 4 members (excludes halogenated alkanes) is 9. The van der Waals surface area contributed by atoms with Crippen LogP contribution in [0.2, 0.25) is 0 Å². The van der Waals surface area contributed by atoms with Crippen molar-refractivity contribution < 1.29 is 28.5 Å². The van der Waals surface area contributed by atoms with Gasteiger partial charge in [-0.25, -0.2) is 9.59 Å². The third kappa shape index (κ3) is 16.4. The van der Waals surface area contributed by atoms with E-state index in [0.29, 0.717) is 11.5 Å². The summed E-state index contributed by atoms with van der Waals surface area (Å²) in [5.41, 5.74) is 3.98. The standard InChI is InChI=1S/C48H78O6S/c1-17-18-19-20-21-22-23-24-25-26-28-55-29-27-48(16,36-32-38(44(4,5)6)40(30-34(36)2)51-42(49)53-46(10,11)12)37-33-39(45(7,8)9)41(31-35(37)3)52-43(50)54-47(13,14)15/h30-33H,17-29H2,1-16H3. The van der Waals surface area contributed by atoms with Crippen LogP contribution in [0.4, 0.5) is 9.59 Å². The summed E-state index contributed by atoms with van der Waals surface area (Å²) in [6, 6.07) is 8.52. The number of hydrogen-bond donors (Lipinski definition) is 0. The predicted molar refractivity (Wildman–Crippen MR) is 234 cm³/mol. The van der Waals surface area contributed by atoms with Crippen molar-refractivity contribution in [3.63, 3.8) is 0 Å². The Kier molecular flexibility index (Phi) is 18.2. The number of carbonyl (C=O) groups excluding carboxylic acids is 2. The maximum atomic E-state index is 12.9. The summed E-state index contributed by atoms with van der Waals surface area (Å²) in [6.45, 7) is 32.8. The lowest BCUT2D eigenvalue weighted by Gasteiger charge is -2.37. The first kappa shape index (κ1) is 48.5. The van der Waals surface area contributed by atoms with Crippen molar-refractivity contribution in [3.8, 4) is 11.5 Å². The molecule has 0 atom stereocenters. The predicted octanol–water partition coefficient (Wildman–Crippen LogP) is 14.9. The van der Waals surface area contributed by atoms with Crippen LogP contribution in [0.25, 0.3) is 0 Å². The van der Waals surface area contributed by atoms with E-state index in [1.165, 1.54) is 75.3 Å². The van der Waals surface area contributed by atoms with E-state index >= 15 is 0 Å². The lowest BCUT2D eigenvalue weighted by Crippen LogP contribution is -2.30. The number of rotatable bonds is 18. The van der Waals surface area contributed by atoms with Crippen LogP contribution in [0.15, 0.2) is 24.3 Å². The molecule has 6 nitrogen and oxygen atoms in total. The van der Waals surface area contributed by atoms with Gasteiger partial charge in [0.2, 0.25) is 0 Å². The number of ether oxygens (including phenoxy) is 4. The molecule has 2 aromatic carbocycles. The molecule has 0 aliphatic heterocycles. The second-order valence-electron chi connectivity index (χ2n) is 19.8. The molecule has 2 rings (SSSR count). The van der Waals surface area contributed by atoms with E-state index in [1.54, 1.807) is 0 Å². The van der Waals surface area contributed by atoms with Crippen molar-refractivity contribution in [3.05, 3.63) is 57.6 Å². The summed E-state index contributed by atoms with van der Waals surface area (Å²) in [5, 5.41) is 0. The summed E-state index contributed by atoms with van der Waals surface area (Å²) in [5.74, 6) is 3.19. The van der Waals surface area contributed by atoms with E-state index in [9.17, 15) is 9.59 Å². The summed E-state index contributed by atoms with van der Waals surface area (Å²) < 4.78 is 23.0. The quantitative estimate of drug-likeness (QED) is 0.0847. The Labute approximate surface area is 341 Å². The average molecular weight is 783 g/mol. The zero-order chi connectivity index (χ0) is 41.8. The van der Waals surface area contributed by atoms with E-state index in [4.69, 9.17) is 18.9 Å². The topological polar surface area (TPSA) is 71.1 Å². The van der Waals surface area contributed by atoms with Gasteiger partial charge in [-0.2, -0.15) is 11.8 Å². The Morgan fingerprint density at radius 3 is 1.22 bits per heavy atom. The summed E-state index contributed by atoms with van der Waals surface area (Å²) >= 11 is 2.04. The highest BCUT2D eigenvalue weighted by molar-refractivity contribution is 7.99. The highest BCUT2D eigenvalue weighted by Crippen LogP contribution is 2.46. The molecule has 0 aliphatic rings. The van der Waals surface area contributed by atoms with Crippen LogP contribution < -0.4 is 9.47 Å². The Morgan fingerprint density at radius 1 is 0.509 bits per heavy atom. The van der Waals surface area contributed by atoms with Crippen LogP contribution in [0.3, 0.4) is 0 Å². The van der Waals surface area contributed by atoms with Crippen LogP contribution in [0.1, 0.15) is 201 Å². The van der Waals surface area contributed by atoms with Crippen molar-refractivity contribution in [2.24, 2.45) is 0 Å². The number of thioether (sulfide) groups is 1. The fraction of sp³-hybridized carbons (Fsp3) is 0.708. The Balaban J connectivity index is 2.55. The van der Waals surface area contributed by atoms with Gasteiger partial charge in [0.1, 0.15) is 22.7 Å². The fourth-order valence-corrected chi connectivity index (χ4v) is 8.26. The number of carbonyl (C=O) groups is 2. The lowest BCUT2D eigenvalue weighted by molar-refractivity contribution is 0.0189. The molecular formula is C48H78O6S. The molecule has 0 bridgehead atoms. The third-order valence-electron chi connectivity index (χ3n) is 10.0. The molecule has 0 radical (unpaired) electrons. The summed E-state index contributed by atoms with van der Waals surface area (Å²) in [4.78, 5) is 25.9. The van der Waals surface area contributed by atoms with Gasteiger partial charge in [-0.1, -0.05) is 125 Å². The van der Waals surface area contributed by atoms with Gasteiger partial charge < -0.3 is 18.9 Å². The van der Waals surface area contributed by atoms with Crippen molar-refractivity contribution in [1.82, 2.24) is 0 Å². The molecule has 55 heavy (non-hydrogen) atoms. The molecule has 0 spiro atoms. The van der Waals surface area contributed by atoms with Gasteiger partial charge in [-0.15, -0.1) is 0 Å². The molecule has 0 heterocycles. The van der Waals surface area contributed by atoms with Crippen LogP contribution in [0.5, 0.6) is 11.5 Å². The van der Waals surface area contributed by atoms with Crippen LogP contribution in [0, 0.1) is 13.8 Å². The molecule has 0 N–H and O–H groups in total. The second-order valence-corrected chi connectivity index (χ2v) is 21.1. The van der Waals surface area contributed by atoms with Crippen LogP contribution in [-0.4, -0.2) is 35.0 Å². The van der Waals surface area contributed by atoms with E-state index in [1.807, 2.05) is 65.4 Å². The van der Waals surface area contributed by atoms with Crippen molar-refractivity contribution in [2.75, 3.05) is 11.5 Å². The van der Waals surface area contributed by atoms with Gasteiger partial charge in [-0.3, -0.25) is 0 Å². The summed E-state index contributed by atoms with van der Waals surface area (Å²) in [7, 11) is 0. The molecule has 0 aliphatic carbocycles. The third-order valence-corrected chi connectivity index (χ3v) is 11.1. The van der Waals surface area contributed by atoms with Gasteiger partial charge in [0.25, 0.3) is 0 Å². The Hall–Kier alpha value is -2.67. The van der Waals surface area contributed by atoms with Gasteiger partial charge in [0.05, 0.1) is 0 Å². The average Bonchev–Trinajstić information content (AvgIpc) is 3.00. The highest BCUT2D eigenvalue weighted by atomic mass is 32.2. The van der Waals surface area contributed by atoms with Gasteiger partial charge in [0, 0.05) is 16.5 Å². The first-order chi connectivity index (χ1) is 25.3. The molecule has 0 fully saturated rings. The number of hydrogen-bond acceptors (Lipinski definition) is 7. The van der Waals surface area contributed by atoms with Crippen molar-refractivity contribution >= 4 is 24.1 Å². The van der Waals surface area contributed by atoms with E-state index in [-0.39, 0.29) is 10.8 Å². The molecule has 0 unspecified atom stereocenters. The maximum Gasteiger partial charge on any atom is 0.514 e. The second kappa shape index (κ2) is 20.7. The minimum Gasteiger partial charge on any atom is -0.428 e. The minimum absolute atomic E-state index is 0.318. The largest absolute Gasteiger partial charge is 0.514 e. The van der Waals surface area contributed by atoms with Crippen LogP contribution in [-0.2, 0) is 25.7 Å². The number of aryl methyl sites for hydroxylation is 2. The fourth-order valence-electron chi connectivity index (χ4n) is 7.10. The molecule has 7 heteroatoms. The summed E-state index contributed by atoms with van der Waals surface area (Å²) in [6.07, 6.45) is 12.9. The smallest absolute Gasteiger partial charge is 0.428 e. The first-order valence-corrected chi connectivity index (χ1v) is 22.1. The lowest BCUT2D eigenvalue weighted by atomic mass is 9.68. The van der Waals surface area contributed by atoms with E-state index in [0.717, 1.165) is 40.2 Å². The Bertz CT molecular complexity index is 1430. The Morgan fingerprint density at radius 2 is 0.873 bits per heavy atom. The highest BCUT2D eigenvalue weighted by Gasteiger charge is 2.37. The van der Waals surface area contributed by atoms with E-state index < -0.39 is 28.9 Å². The van der Waals surface area contributed by atoms with Gasteiger partial charge >= 0.3 is 12.3 Å². The minimum atomic E-state index is -0.706. The zero-order valence-corrected chi connectivity index (χ0v) is 38.7. The van der Waals surface area contributed by atoms with Crippen molar-refractivity contribution in [1.29, 1.82) is 0 Å². The first-order valence-electron chi connectivity index (χ1n) is 21.0. The van der Waals surface area contributed by atoms with Crippen LogP contribution >= 0.6 is 11.8 Å². The van der Waals surface area contributed by atoms with Gasteiger partial charge in [0.15, 0.2) is 0 Å². The molecular weight excluding hydrogens is 705 g/mol. The molecule has 0 saturated heterocycles. The monoisotopic (exact) mass is 783 g/mol. The normalized spacial score (nSPS) is 12.8. The van der Waals surface area contributed by atoms with E-state index in [2.05, 4.69) is 81.4 Å². The SMILES string of the molecule is CCCCCCCCCCCCSCCC(C)(c1cc(C(C)(C)C)c(OC(=O)OC(C)(C)C)cc1C)c1cc(C(C)(C)C)c(OC(=O)OC(C)(C)C)cc1C. The van der Waals surface area contributed by atoms with Gasteiger partial charge in [-0.05, 0) is 125 Å². The molecule has 0 aromatic heterocycles. The number of benzene rings is 2. The maximum absolute atomic E-state index is 12.9. The molecule has 312 valence electrons. The van der Waals surface area contributed by atoms with Crippen molar-refractivity contribution in [2.45, 2.75) is 209 Å². The molecule has 0 amide bonds. The molecule has 2 aromatic rings. The zero-order valence-electron chi connectivity index (χ0n) is 37.9.